The van der Waals surface area contributed by atoms with Gasteiger partial charge in [-0.15, -0.1) is 0 Å². The lowest BCUT2D eigenvalue weighted by molar-refractivity contribution is -0.121. The van der Waals surface area contributed by atoms with Gasteiger partial charge in [0.25, 0.3) is 0 Å². The van der Waals surface area contributed by atoms with Gasteiger partial charge in [-0.25, -0.2) is 0 Å². The van der Waals surface area contributed by atoms with Crippen molar-refractivity contribution in [1.82, 2.24) is 10.2 Å². The third kappa shape index (κ3) is 4.85. The van der Waals surface area contributed by atoms with Gasteiger partial charge in [0.15, 0.2) is 0 Å². The number of benzene rings is 1. The maximum absolute atomic E-state index is 11.9. The van der Waals surface area contributed by atoms with Crippen molar-refractivity contribution in [3.8, 4) is 0 Å². The predicted octanol–water partition coefficient (Wildman–Crippen LogP) is 3.44. The average molecular weight is 288 g/mol. The van der Waals surface area contributed by atoms with Crippen LogP contribution in [0.3, 0.4) is 0 Å². The molecule has 0 bridgehead atoms. The van der Waals surface area contributed by atoms with E-state index < -0.39 is 0 Å². The number of carbonyl (C=O) groups is 1. The summed E-state index contributed by atoms with van der Waals surface area (Å²) in [6.45, 7) is 7.24. The molecule has 1 aliphatic heterocycles. The van der Waals surface area contributed by atoms with Crippen LogP contribution in [0.15, 0.2) is 24.3 Å². The van der Waals surface area contributed by atoms with Gasteiger partial charge < -0.3 is 5.32 Å². The summed E-state index contributed by atoms with van der Waals surface area (Å²) in [4.78, 5) is 14.4. The molecule has 3 nitrogen and oxygen atoms in total. The monoisotopic (exact) mass is 288 g/mol. The van der Waals surface area contributed by atoms with E-state index in [-0.39, 0.29) is 5.91 Å². The molecule has 1 unspecified atom stereocenters. The Hall–Kier alpha value is -1.35. The summed E-state index contributed by atoms with van der Waals surface area (Å²) >= 11 is 0. The van der Waals surface area contributed by atoms with Crippen LogP contribution in [-0.4, -0.2) is 30.4 Å². The van der Waals surface area contributed by atoms with Crippen molar-refractivity contribution in [2.75, 3.05) is 19.6 Å². The zero-order valence-electron chi connectivity index (χ0n) is 13.4. The first-order valence-corrected chi connectivity index (χ1v) is 8.28. The molecule has 3 heteroatoms. The SMILES string of the molecule is CCCCC(=O)NCC(c1ccc(C)cc1)N1CCCC1. The summed E-state index contributed by atoms with van der Waals surface area (Å²) in [5.74, 6) is 0.188. The fraction of sp³-hybridized carbons (Fsp3) is 0.611. The van der Waals surface area contributed by atoms with E-state index in [1.165, 1.54) is 24.0 Å². The fourth-order valence-electron chi connectivity index (χ4n) is 2.94. The van der Waals surface area contributed by atoms with Crippen molar-refractivity contribution in [2.24, 2.45) is 0 Å². The molecule has 0 spiro atoms. The Bertz CT molecular complexity index is 435. The molecule has 0 aliphatic carbocycles. The minimum Gasteiger partial charge on any atom is -0.354 e. The summed E-state index contributed by atoms with van der Waals surface area (Å²) in [5.41, 5.74) is 2.60. The molecule has 1 aromatic carbocycles. The van der Waals surface area contributed by atoms with Gasteiger partial charge in [0.1, 0.15) is 0 Å². The number of aryl methyl sites for hydroxylation is 1. The molecule has 1 amide bonds. The largest absolute Gasteiger partial charge is 0.354 e. The predicted molar refractivity (Wildman–Crippen MR) is 87.3 cm³/mol. The van der Waals surface area contributed by atoms with Crippen LogP contribution in [0.25, 0.3) is 0 Å². The van der Waals surface area contributed by atoms with Gasteiger partial charge in [0, 0.05) is 13.0 Å². The molecule has 116 valence electrons. The molecular weight excluding hydrogens is 260 g/mol. The maximum Gasteiger partial charge on any atom is 0.220 e. The van der Waals surface area contributed by atoms with Crippen LogP contribution in [0, 0.1) is 6.92 Å². The van der Waals surface area contributed by atoms with Crippen molar-refractivity contribution < 1.29 is 4.79 Å². The Morgan fingerprint density at radius 2 is 1.90 bits per heavy atom. The molecule has 1 aliphatic rings. The van der Waals surface area contributed by atoms with Gasteiger partial charge in [-0.2, -0.15) is 0 Å². The van der Waals surface area contributed by atoms with Crippen molar-refractivity contribution in [3.05, 3.63) is 35.4 Å². The normalized spacial score (nSPS) is 16.9. The summed E-state index contributed by atoms with van der Waals surface area (Å²) in [6.07, 6.45) is 5.24. The number of unbranched alkanes of at least 4 members (excludes halogenated alkanes) is 1. The summed E-state index contributed by atoms with van der Waals surface area (Å²) in [6, 6.07) is 9.06. The van der Waals surface area contributed by atoms with E-state index in [9.17, 15) is 4.79 Å². The number of nitrogens with zero attached hydrogens (tertiary/aromatic N) is 1. The molecule has 1 fully saturated rings. The fourth-order valence-corrected chi connectivity index (χ4v) is 2.94. The molecule has 21 heavy (non-hydrogen) atoms. The zero-order chi connectivity index (χ0) is 15.1. The van der Waals surface area contributed by atoms with Crippen LogP contribution in [-0.2, 0) is 4.79 Å². The molecular formula is C18H28N2O. The number of hydrogen-bond donors (Lipinski definition) is 1. The summed E-state index contributed by atoms with van der Waals surface area (Å²) in [7, 11) is 0. The number of likely N-dealkylation sites (tertiary alicyclic amines) is 1. The third-order valence-corrected chi connectivity index (χ3v) is 4.29. The lowest BCUT2D eigenvalue weighted by Crippen LogP contribution is -2.36. The standard InChI is InChI=1S/C18H28N2O/c1-3-4-7-18(21)19-14-17(20-12-5-6-13-20)16-10-8-15(2)9-11-16/h8-11,17H,3-7,12-14H2,1-2H3,(H,19,21). The smallest absolute Gasteiger partial charge is 0.220 e. The minimum atomic E-state index is 0.188. The molecule has 1 N–H and O–H groups in total. The molecule has 2 rings (SSSR count). The van der Waals surface area contributed by atoms with E-state index >= 15 is 0 Å². The van der Waals surface area contributed by atoms with Gasteiger partial charge >= 0.3 is 0 Å². The second kappa shape index (κ2) is 8.18. The molecule has 1 aromatic rings. The van der Waals surface area contributed by atoms with E-state index in [4.69, 9.17) is 0 Å². The summed E-state index contributed by atoms with van der Waals surface area (Å²) < 4.78 is 0. The second-order valence-electron chi connectivity index (χ2n) is 6.08. The van der Waals surface area contributed by atoms with E-state index in [2.05, 4.69) is 48.3 Å². The molecule has 1 atom stereocenters. The number of carbonyl (C=O) groups excluding carboxylic acids is 1. The second-order valence-corrected chi connectivity index (χ2v) is 6.08. The maximum atomic E-state index is 11.9. The topological polar surface area (TPSA) is 32.3 Å². The summed E-state index contributed by atoms with van der Waals surface area (Å²) in [5, 5.41) is 3.13. The highest BCUT2D eigenvalue weighted by Crippen LogP contribution is 2.24. The lowest BCUT2D eigenvalue weighted by Gasteiger charge is -2.28. The minimum absolute atomic E-state index is 0.188. The van der Waals surface area contributed by atoms with Crippen LogP contribution in [0.2, 0.25) is 0 Å². The Morgan fingerprint density at radius 3 is 2.52 bits per heavy atom. The van der Waals surface area contributed by atoms with Crippen molar-refractivity contribution >= 4 is 5.91 Å². The Kier molecular flexibility index (Phi) is 6.24. The van der Waals surface area contributed by atoms with Crippen LogP contribution in [0.5, 0.6) is 0 Å². The van der Waals surface area contributed by atoms with E-state index in [0.717, 1.165) is 32.5 Å². The van der Waals surface area contributed by atoms with E-state index in [0.29, 0.717) is 12.5 Å². The lowest BCUT2D eigenvalue weighted by atomic mass is 10.0. The molecule has 0 radical (unpaired) electrons. The van der Waals surface area contributed by atoms with Crippen molar-refractivity contribution in [1.29, 1.82) is 0 Å². The highest BCUT2D eigenvalue weighted by molar-refractivity contribution is 5.75. The molecule has 0 aromatic heterocycles. The van der Waals surface area contributed by atoms with Gasteiger partial charge in [-0.3, -0.25) is 9.69 Å². The Labute approximate surface area is 128 Å². The number of hydrogen-bond acceptors (Lipinski definition) is 2. The van der Waals surface area contributed by atoms with Crippen LogP contribution in [0.4, 0.5) is 0 Å². The van der Waals surface area contributed by atoms with E-state index in [1.807, 2.05) is 0 Å². The highest BCUT2D eigenvalue weighted by Gasteiger charge is 2.23. The Balaban J connectivity index is 1.98. The quantitative estimate of drug-likeness (QED) is 0.833. The average Bonchev–Trinajstić information content (AvgIpc) is 3.01. The number of rotatable bonds is 7. The van der Waals surface area contributed by atoms with Crippen LogP contribution < -0.4 is 5.32 Å². The molecule has 1 saturated heterocycles. The van der Waals surface area contributed by atoms with Gasteiger partial charge in [-0.1, -0.05) is 43.2 Å². The molecule has 1 heterocycles. The number of amides is 1. The first-order valence-electron chi connectivity index (χ1n) is 8.28. The van der Waals surface area contributed by atoms with Crippen molar-refractivity contribution in [3.63, 3.8) is 0 Å². The zero-order valence-corrected chi connectivity index (χ0v) is 13.4. The van der Waals surface area contributed by atoms with E-state index in [1.54, 1.807) is 0 Å². The van der Waals surface area contributed by atoms with Gasteiger partial charge in [0.05, 0.1) is 6.04 Å². The van der Waals surface area contributed by atoms with Crippen LogP contribution >= 0.6 is 0 Å². The first-order chi connectivity index (χ1) is 10.2. The first kappa shape index (κ1) is 16.0. The van der Waals surface area contributed by atoms with Crippen molar-refractivity contribution in [2.45, 2.75) is 52.0 Å². The number of nitrogens with one attached hydrogen (secondary N) is 1. The Morgan fingerprint density at radius 1 is 1.24 bits per heavy atom. The molecule has 0 saturated carbocycles. The van der Waals surface area contributed by atoms with Gasteiger partial charge in [-0.05, 0) is 44.8 Å². The van der Waals surface area contributed by atoms with Crippen LogP contribution in [0.1, 0.15) is 56.2 Å². The van der Waals surface area contributed by atoms with Gasteiger partial charge in [0.2, 0.25) is 5.91 Å². The third-order valence-electron chi connectivity index (χ3n) is 4.29. The highest BCUT2D eigenvalue weighted by atomic mass is 16.1.